The molecule has 0 bridgehead atoms. The highest BCUT2D eigenvalue weighted by atomic mass is 19.1. The Morgan fingerprint density at radius 2 is 1.36 bits per heavy atom. The molecule has 0 saturated heterocycles. The van der Waals surface area contributed by atoms with Crippen molar-refractivity contribution in [2.75, 3.05) is 71.4 Å². The summed E-state index contributed by atoms with van der Waals surface area (Å²) >= 11 is 0. The molecular formula is C16H24FN3O8. The van der Waals surface area contributed by atoms with Crippen molar-refractivity contribution >= 4 is 17.1 Å². The Kier molecular flexibility index (Phi) is 12.3. The molecule has 28 heavy (non-hydrogen) atoms. The minimum absolute atomic E-state index is 0.0730. The summed E-state index contributed by atoms with van der Waals surface area (Å²) in [6.07, 6.45) is 0. The fourth-order valence-electron chi connectivity index (χ4n) is 2.01. The Hall–Kier alpha value is -2.41. The van der Waals surface area contributed by atoms with Crippen molar-refractivity contribution in [2.45, 2.75) is 0 Å². The zero-order valence-corrected chi connectivity index (χ0v) is 15.3. The lowest BCUT2D eigenvalue weighted by molar-refractivity contribution is -0.393. The van der Waals surface area contributed by atoms with Gasteiger partial charge in [0.1, 0.15) is 12.4 Å². The molecule has 0 atom stereocenters. The van der Waals surface area contributed by atoms with Crippen LogP contribution in [-0.2, 0) is 18.9 Å². The van der Waals surface area contributed by atoms with Gasteiger partial charge in [0.2, 0.25) is 0 Å². The molecule has 1 rings (SSSR count). The van der Waals surface area contributed by atoms with Crippen molar-refractivity contribution in [3.63, 3.8) is 0 Å². The van der Waals surface area contributed by atoms with Gasteiger partial charge in [-0.25, -0.2) is 4.39 Å². The maximum atomic E-state index is 11.7. The smallest absolute Gasteiger partial charge is 0.299 e. The van der Waals surface area contributed by atoms with Crippen LogP contribution in [0.15, 0.2) is 18.2 Å². The number of hydrogen-bond acceptors (Lipinski definition) is 9. The van der Waals surface area contributed by atoms with Crippen molar-refractivity contribution in [1.82, 2.24) is 0 Å². The number of anilines is 1. The second kappa shape index (κ2) is 14.6. The van der Waals surface area contributed by atoms with E-state index in [-0.39, 0.29) is 30.3 Å². The molecule has 0 spiro atoms. The third-order valence-corrected chi connectivity index (χ3v) is 3.29. The van der Waals surface area contributed by atoms with Gasteiger partial charge < -0.3 is 24.3 Å². The van der Waals surface area contributed by atoms with E-state index in [1.807, 2.05) is 0 Å². The lowest BCUT2D eigenvalue weighted by Gasteiger charge is -2.09. The van der Waals surface area contributed by atoms with Gasteiger partial charge in [-0.3, -0.25) is 20.2 Å². The van der Waals surface area contributed by atoms with Crippen molar-refractivity contribution in [1.29, 1.82) is 0 Å². The average molecular weight is 405 g/mol. The normalized spacial score (nSPS) is 10.8. The molecule has 1 aromatic rings. The fraction of sp³-hybridized carbons (Fsp3) is 0.625. The first-order valence-corrected chi connectivity index (χ1v) is 8.60. The van der Waals surface area contributed by atoms with Crippen LogP contribution in [0.1, 0.15) is 0 Å². The lowest BCUT2D eigenvalue weighted by Crippen LogP contribution is -2.15. The summed E-state index contributed by atoms with van der Waals surface area (Å²) in [4.78, 5) is 20.3. The van der Waals surface area contributed by atoms with Gasteiger partial charge in [0.15, 0.2) is 0 Å². The third kappa shape index (κ3) is 10.1. The van der Waals surface area contributed by atoms with Crippen LogP contribution in [0.4, 0.5) is 21.5 Å². The number of halogens is 1. The molecule has 0 radical (unpaired) electrons. The van der Waals surface area contributed by atoms with E-state index < -0.39 is 16.5 Å². The van der Waals surface area contributed by atoms with Gasteiger partial charge in [0.25, 0.3) is 11.4 Å². The van der Waals surface area contributed by atoms with Crippen LogP contribution in [-0.4, -0.2) is 75.9 Å². The van der Waals surface area contributed by atoms with E-state index in [9.17, 15) is 24.6 Å². The maximum absolute atomic E-state index is 11.7. The Labute approximate surface area is 161 Å². The van der Waals surface area contributed by atoms with Gasteiger partial charge in [-0.2, -0.15) is 0 Å². The molecule has 0 amide bonds. The fourth-order valence-corrected chi connectivity index (χ4v) is 2.01. The topological polar surface area (TPSA) is 135 Å². The molecule has 0 unspecified atom stereocenters. The number of rotatable bonds is 17. The van der Waals surface area contributed by atoms with E-state index in [0.29, 0.717) is 46.2 Å². The quantitative estimate of drug-likeness (QED) is 0.234. The number of nitrogens with zero attached hydrogens (tertiary/aromatic N) is 2. The van der Waals surface area contributed by atoms with E-state index in [0.717, 1.165) is 6.07 Å². The van der Waals surface area contributed by atoms with Gasteiger partial charge in [0, 0.05) is 12.6 Å². The SMILES string of the molecule is O=[N+]([O-])c1ccc(NCCOCCOCCOCCOCCF)c([N+](=O)[O-])c1. The van der Waals surface area contributed by atoms with Crippen LogP contribution in [0.2, 0.25) is 0 Å². The predicted molar refractivity (Wildman–Crippen MR) is 97.5 cm³/mol. The van der Waals surface area contributed by atoms with Gasteiger partial charge in [-0.05, 0) is 6.07 Å². The number of ether oxygens (including phenoxy) is 4. The van der Waals surface area contributed by atoms with Gasteiger partial charge in [-0.1, -0.05) is 0 Å². The highest BCUT2D eigenvalue weighted by Gasteiger charge is 2.18. The standard InChI is InChI=1S/C16H24FN3O8/c17-3-5-25-7-9-27-11-12-28-10-8-26-6-4-18-15-2-1-14(19(21)22)13-16(15)20(23)24/h1-2,13,18H,3-12H2. The largest absolute Gasteiger partial charge is 0.377 e. The number of benzene rings is 1. The van der Waals surface area contributed by atoms with Crippen molar-refractivity contribution in [3.05, 3.63) is 38.4 Å². The molecule has 12 heteroatoms. The first-order valence-electron chi connectivity index (χ1n) is 8.60. The number of non-ortho nitro benzene ring substituents is 1. The van der Waals surface area contributed by atoms with E-state index in [1.165, 1.54) is 12.1 Å². The molecule has 0 aromatic heterocycles. The monoisotopic (exact) mass is 405 g/mol. The first-order chi connectivity index (χ1) is 13.6. The van der Waals surface area contributed by atoms with E-state index >= 15 is 0 Å². The molecule has 11 nitrogen and oxygen atoms in total. The van der Waals surface area contributed by atoms with E-state index in [4.69, 9.17) is 18.9 Å². The predicted octanol–water partition coefficient (Wildman–Crippen LogP) is 1.95. The molecule has 0 aliphatic heterocycles. The number of nitro groups is 2. The summed E-state index contributed by atoms with van der Waals surface area (Å²) in [5, 5.41) is 24.5. The number of alkyl halides is 1. The summed E-state index contributed by atoms with van der Waals surface area (Å²) in [6, 6.07) is 3.40. The molecule has 0 heterocycles. The van der Waals surface area contributed by atoms with Crippen LogP contribution in [0.3, 0.4) is 0 Å². The number of hydrogen-bond donors (Lipinski definition) is 1. The molecule has 1 aromatic carbocycles. The highest BCUT2D eigenvalue weighted by molar-refractivity contribution is 5.65. The van der Waals surface area contributed by atoms with Crippen LogP contribution >= 0.6 is 0 Å². The molecule has 1 N–H and O–H groups in total. The van der Waals surface area contributed by atoms with E-state index in [2.05, 4.69) is 5.32 Å². The Balaban J connectivity index is 2.07. The number of nitro benzene ring substituents is 2. The number of nitrogens with one attached hydrogen (secondary N) is 1. The Bertz CT molecular complexity index is 605. The minimum atomic E-state index is -0.689. The van der Waals surface area contributed by atoms with Crippen LogP contribution in [0, 0.1) is 20.2 Å². The van der Waals surface area contributed by atoms with Gasteiger partial charge in [-0.15, -0.1) is 0 Å². The molecular weight excluding hydrogens is 381 g/mol. The van der Waals surface area contributed by atoms with Crippen LogP contribution in [0.25, 0.3) is 0 Å². The Morgan fingerprint density at radius 3 is 1.86 bits per heavy atom. The lowest BCUT2D eigenvalue weighted by atomic mass is 10.2. The minimum Gasteiger partial charge on any atom is -0.377 e. The van der Waals surface area contributed by atoms with Gasteiger partial charge in [0.05, 0.1) is 68.8 Å². The zero-order valence-electron chi connectivity index (χ0n) is 15.3. The summed E-state index contributed by atoms with van der Waals surface area (Å²) in [5.41, 5.74) is -0.530. The summed E-state index contributed by atoms with van der Waals surface area (Å²) < 4.78 is 32.5. The summed E-state index contributed by atoms with van der Waals surface area (Å²) in [6.45, 7) is 2.33. The van der Waals surface area contributed by atoms with Crippen LogP contribution in [0.5, 0.6) is 0 Å². The maximum Gasteiger partial charge on any atom is 0.299 e. The second-order valence-electron chi connectivity index (χ2n) is 5.28. The van der Waals surface area contributed by atoms with E-state index in [1.54, 1.807) is 0 Å². The summed E-state index contributed by atoms with van der Waals surface area (Å²) in [7, 11) is 0. The van der Waals surface area contributed by atoms with Gasteiger partial charge >= 0.3 is 0 Å². The molecule has 0 fully saturated rings. The molecule has 158 valence electrons. The van der Waals surface area contributed by atoms with Crippen molar-refractivity contribution in [3.8, 4) is 0 Å². The van der Waals surface area contributed by atoms with Crippen molar-refractivity contribution < 1.29 is 33.2 Å². The third-order valence-electron chi connectivity index (χ3n) is 3.29. The molecule has 0 aliphatic carbocycles. The summed E-state index contributed by atoms with van der Waals surface area (Å²) in [5.74, 6) is 0. The average Bonchev–Trinajstić information content (AvgIpc) is 2.68. The van der Waals surface area contributed by atoms with Crippen LogP contribution < -0.4 is 5.32 Å². The second-order valence-corrected chi connectivity index (χ2v) is 5.28. The zero-order chi connectivity index (χ0) is 20.6. The van der Waals surface area contributed by atoms with Crippen molar-refractivity contribution in [2.24, 2.45) is 0 Å². The molecule has 0 aliphatic rings. The highest BCUT2D eigenvalue weighted by Crippen LogP contribution is 2.28. The molecule has 0 saturated carbocycles. The Morgan fingerprint density at radius 1 is 0.821 bits per heavy atom. The first kappa shape index (κ1) is 23.6.